The molecule has 5 nitrogen and oxygen atoms in total. The van der Waals surface area contributed by atoms with Gasteiger partial charge in [-0.15, -0.1) is 0 Å². The van der Waals surface area contributed by atoms with Crippen molar-refractivity contribution >= 4 is 11.9 Å². The van der Waals surface area contributed by atoms with Crippen molar-refractivity contribution in [3.05, 3.63) is 0 Å². The molecule has 5 N–H and O–H groups in total. The van der Waals surface area contributed by atoms with Gasteiger partial charge in [0.05, 0.1) is 0 Å². The van der Waals surface area contributed by atoms with E-state index in [9.17, 15) is 4.79 Å². The first-order valence-corrected chi connectivity index (χ1v) is 1.92. The number of nitrogens with one attached hydrogen (secondary N) is 2. The average molecular weight is 274 g/mol. The number of hydrogen-bond donors (Lipinski definition) is 4. The van der Waals surface area contributed by atoms with Gasteiger partial charge in [-0.3, -0.25) is 10.2 Å². The molecule has 9 heavy (non-hydrogen) atoms. The minimum atomic E-state index is -1.03. The third-order valence-electron chi connectivity index (χ3n) is 0.430. The van der Waals surface area contributed by atoms with Gasteiger partial charge < -0.3 is 16.2 Å². The smallest absolute Gasteiger partial charge is 0.322 e. The monoisotopic (exact) mass is 275 g/mol. The second-order valence-corrected chi connectivity index (χ2v) is 1.16. The van der Waals surface area contributed by atoms with E-state index in [1.807, 2.05) is 0 Å². The summed E-state index contributed by atoms with van der Waals surface area (Å²) in [5, 5.41) is 16.5. The SMILES string of the molecule is N=C(N)NCC(=O)O.[Gd]. The van der Waals surface area contributed by atoms with Crippen molar-refractivity contribution in [2.24, 2.45) is 5.73 Å². The van der Waals surface area contributed by atoms with Crippen molar-refractivity contribution in [2.75, 3.05) is 6.54 Å². The Bertz CT molecular complexity index is 102. The topological polar surface area (TPSA) is 99.2 Å². The molecule has 0 aromatic heterocycles. The second kappa shape index (κ2) is 6.19. The molecule has 0 radical (unpaired) electrons. The van der Waals surface area contributed by atoms with Gasteiger partial charge >= 0.3 is 5.97 Å². The Kier molecular flexibility index (Phi) is 8.12. The molecule has 0 bridgehead atoms. The minimum Gasteiger partial charge on any atom is -0.480 e. The molecule has 0 fully saturated rings. The fourth-order valence-corrected chi connectivity index (χ4v) is 0.171. The van der Waals surface area contributed by atoms with Gasteiger partial charge in [0.15, 0.2) is 5.96 Å². The van der Waals surface area contributed by atoms with Crippen LogP contribution in [0.25, 0.3) is 0 Å². The van der Waals surface area contributed by atoms with E-state index in [-0.39, 0.29) is 52.4 Å². The molecule has 0 saturated heterocycles. The third-order valence-corrected chi connectivity index (χ3v) is 0.430. The Morgan fingerprint density at radius 1 is 1.78 bits per heavy atom. The van der Waals surface area contributed by atoms with Crippen molar-refractivity contribution in [3.63, 3.8) is 0 Å². The molecule has 0 atom stereocenters. The zero-order valence-corrected chi connectivity index (χ0v) is 6.76. The maximum absolute atomic E-state index is 9.69. The number of hydrogen-bond acceptors (Lipinski definition) is 2. The molecular weight excluding hydrogens is 267 g/mol. The van der Waals surface area contributed by atoms with Crippen LogP contribution in [0.15, 0.2) is 0 Å². The van der Waals surface area contributed by atoms with E-state index in [1.54, 1.807) is 0 Å². The Balaban J connectivity index is 0. The fraction of sp³-hybridized carbons (Fsp3) is 0.333. The predicted molar refractivity (Wildman–Crippen MR) is 27.6 cm³/mol. The van der Waals surface area contributed by atoms with E-state index in [0.29, 0.717) is 0 Å². The van der Waals surface area contributed by atoms with Crippen LogP contribution in [0.1, 0.15) is 0 Å². The fourth-order valence-electron chi connectivity index (χ4n) is 0.171. The summed E-state index contributed by atoms with van der Waals surface area (Å²) < 4.78 is 0. The minimum absolute atomic E-state index is 0. The summed E-state index contributed by atoms with van der Waals surface area (Å²) in [5.41, 5.74) is 4.75. The average Bonchev–Trinajstić information content (AvgIpc) is 1.61. The molecule has 0 heterocycles. The summed E-state index contributed by atoms with van der Waals surface area (Å²) in [7, 11) is 0. The standard InChI is InChI=1S/C3H7N3O2.Gd/c4-3(5)6-1-2(7)8;/h1H2,(H,7,8)(H4,4,5,6);. The van der Waals surface area contributed by atoms with E-state index >= 15 is 0 Å². The van der Waals surface area contributed by atoms with E-state index in [4.69, 9.17) is 16.2 Å². The molecular formula is C3H7GdN3O2. The molecule has 0 rings (SSSR count). The summed E-state index contributed by atoms with van der Waals surface area (Å²) in [6.45, 7) is -0.296. The van der Waals surface area contributed by atoms with Gasteiger partial charge in [-0.05, 0) is 0 Å². The second-order valence-electron chi connectivity index (χ2n) is 1.16. The largest absolute Gasteiger partial charge is 0.480 e. The zero-order valence-electron chi connectivity index (χ0n) is 4.49. The molecule has 6 heteroatoms. The van der Waals surface area contributed by atoms with Gasteiger partial charge in [0.25, 0.3) is 0 Å². The zero-order chi connectivity index (χ0) is 6.57. The summed E-state index contributed by atoms with van der Waals surface area (Å²) in [6.07, 6.45) is 0. The number of carboxylic acid groups (broad SMARTS) is 1. The van der Waals surface area contributed by atoms with Gasteiger partial charge in [-0.1, -0.05) is 0 Å². The van der Waals surface area contributed by atoms with Crippen molar-refractivity contribution < 1.29 is 49.8 Å². The Labute approximate surface area is 84.2 Å². The normalized spacial score (nSPS) is 7.11. The van der Waals surface area contributed by atoms with Crippen LogP contribution in [0.5, 0.6) is 0 Å². The summed E-state index contributed by atoms with van der Waals surface area (Å²) >= 11 is 0. The maximum atomic E-state index is 9.69. The van der Waals surface area contributed by atoms with Crippen molar-refractivity contribution in [3.8, 4) is 0 Å². The van der Waals surface area contributed by atoms with E-state index in [1.165, 1.54) is 0 Å². The third kappa shape index (κ3) is 11.6. The Hall–Kier alpha value is 0.0647. The Morgan fingerprint density at radius 2 is 2.22 bits per heavy atom. The van der Waals surface area contributed by atoms with Crippen LogP contribution < -0.4 is 11.1 Å². The van der Waals surface area contributed by atoms with Gasteiger partial charge in [0, 0.05) is 39.9 Å². The van der Waals surface area contributed by atoms with E-state index in [0.717, 1.165) is 0 Å². The molecule has 0 aromatic carbocycles. The first-order valence-electron chi connectivity index (χ1n) is 1.92. The molecule has 0 aliphatic rings. The molecule has 0 aliphatic heterocycles. The number of nitrogens with two attached hydrogens (primary N) is 1. The van der Waals surface area contributed by atoms with Crippen LogP contribution in [-0.4, -0.2) is 23.6 Å². The van der Waals surface area contributed by atoms with Gasteiger partial charge in [0.1, 0.15) is 6.54 Å². The van der Waals surface area contributed by atoms with Crippen LogP contribution >= 0.6 is 0 Å². The molecule has 0 aromatic rings. The first kappa shape index (κ1) is 11.8. The maximum Gasteiger partial charge on any atom is 0.322 e. The number of rotatable bonds is 2. The van der Waals surface area contributed by atoms with Crippen molar-refractivity contribution in [1.82, 2.24) is 5.32 Å². The first-order chi connectivity index (χ1) is 3.63. The number of carbonyl (C=O) groups is 1. The summed E-state index contributed by atoms with van der Waals surface area (Å²) in [6, 6.07) is 0. The molecule has 0 saturated carbocycles. The predicted octanol–water partition coefficient (Wildman–Crippen LogP) is -1.45. The Morgan fingerprint density at radius 3 is 2.33 bits per heavy atom. The van der Waals surface area contributed by atoms with E-state index < -0.39 is 5.97 Å². The van der Waals surface area contributed by atoms with Crippen LogP contribution in [-0.2, 0) is 4.79 Å². The van der Waals surface area contributed by atoms with Crippen LogP contribution in [0.4, 0.5) is 0 Å². The number of guanidine groups is 1. The van der Waals surface area contributed by atoms with Crippen molar-refractivity contribution in [2.45, 2.75) is 0 Å². The van der Waals surface area contributed by atoms with Gasteiger partial charge in [-0.2, -0.15) is 0 Å². The van der Waals surface area contributed by atoms with E-state index in [2.05, 4.69) is 5.32 Å². The summed E-state index contributed by atoms with van der Waals surface area (Å²) in [5.74, 6) is -1.35. The molecule has 0 spiro atoms. The summed E-state index contributed by atoms with van der Waals surface area (Å²) in [4.78, 5) is 9.69. The van der Waals surface area contributed by atoms with Crippen LogP contribution in [0.3, 0.4) is 0 Å². The number of aliphatic carboxylic acids is 1. The molecule has 54 valence electrons. The number of carboxylic acids is 1. The van der Waals surface area contributed by atoms with Gasteiger partial charge in [0.2, 0.25) is 0 Å². The molecule has 0 aliphatic carbocycles. The van der Waals surface area contributed by atoms with Crippen molar-refractivity contribution in [1.29, 1.82) is 5.41 Å². The quantitative estimate of drug-likeness (QED) is 0.366. The molecule has 0 amide bonds. The van der Waals surface area contributed by atoms with Crippen LogP contribution in [0, 0.1) is 45.3 Å². The van der Waals surface area contributed by atoms with Gasteiger partial charge in [-0.25, -0.2) is 0 Å². The molecule has 0 unspecified atom stereocenters. The van der Waals surface area contributed by atoms with Crippen LogP contribution in [0.2, 0.25) is 0 Å².